The van der Waals surface area contributed by atoms with E-state index in [0.717, 1.165) is 4.90 Å². The second-order valence-corrected chi connectivity index (χ2v) is 3.20. The Bertz CT molecular complexity index is 269. The molecule has 0 radical (unpaired) electrons. The van der Waals surface area contributed by atoms with Gasteiger partial charge in [0.2, 0.25) is 5.91 Å². The highest BCUT2D eigenvalue weighted by Crippen LogP contribution is 2.33. The molecule has 14 heavy (non-hydrogen) atoms. The van der Waals surface area contributed by atoms with Crippen LogP contribution in [-0.2, 0) is 4.79 Å². The first-order chi connectivity index (χ1) is 6.45. The van der Waals surface area contributed by atoms with E-state index in [4.69, 9.17) is 5.26 Å². The topological polar surface area (TPSA) is 44.1 Å². The van der Waals surface area contributed by atoms with Crippen molar-refractivity contribution in [3.8, 4) is 6.07 Å². The van der Waals surface area contributed by atoms with Gasteiger partial charge in [-0.2, -0.15) is 18.4 Å². The number of nitriles is 1. The summed E-state index contributed by atoms with van der Waals surface area (Å²) in [5.74, 6) is -1.94. The molecule has 6 heteroatoms. The predicted octanol–water partition coefficient (Wildman–Crippen LogP) is 1.31. The van der Waals surface area contributed by atoms with Crippen LogP contribution in [0.4, 0.5) is 13.2 Å². The number of rotatable bonds is 1. The zero-order valence-corrected chi connectivity index (χ0v) is 7.34. The van der Waals surface area contributed by atoms with Gasteiger partial charge in [-0.05, 0) is 6.42 Å². The maximum Gasteiger partial charge on any atom is 0.393 e. The Morgan fingerprint density at radius 3 is 2.64 bits per heavy atom. The van der Waals surface area contributed by atoms with Crippen LogP contribution in [0.15, 0.2) is 0 Å². The van der Waals surface area contributed by atoms with Gasteiger partial charge in [0.25, 0.3) is 0 Å². The normalized spacial score (nSPS) is 22.1. The molecule has 1 atom stereocenters. The summed E-state index contributed by atoms with van der Waals surface area (Å²) in [6, 6.07) is 1.63. The lowest BCUT2D eigenvalue weighted by atomic mass is 10.1. The Hall–Kier alpha value is -1.25. The average molecular weight is 206 g/mol. The molecule has 1 aliphatic heterocycles. The Kier molecular flexibility index (Phi) is 2.99. The number of amides is 1. The van der Waals surface area contributed by atoms with E-state index in [1.54, 1.807) is 6.07 Å². The van der Waals surface area contributed by atoms with Crippen LogP contribution < -0.4 is 0 Å². The third-order valence-corrected chi connectivity index (χ3v) is 2.23. The summed E-state index contributed by atoms with van der Waals surface area (Å²) in [7, 11) is 0. The molecule has 0 aliphatic carbocycles. The van der Waals surface area contributed by atoms with Gasteiger partial charge in [0.15, 0.2) is 0 Å². The van der Waals surface area contributed by atoms with Crippen molar-refractivity contribution in [2.24, 2.45) is 5.92 Å². The molecule has 0 saturated carbocycles. The van der Waals surface area contributed by atoms with E-state index in [9.17, 15) is 18.0 Å². The van der Waals surface area contributed by atoms with Crippen LogP contribution in [0.5, 0.6) is 0 Å². The van der Waals surface area contributed by atoms with E-state index in [2.05, 4.69) is 0 Å². The highest BCUT2D eigenvalue weighted by molar-refractivity contribution is 5.78. The largest absolute Gasteiger partial charge is 0.393 e. The Morgan fingerprint density at radius 1 is 1.57 bits per heavy atom. The van der Waals surface area contributed by atoms with Crippen LogP contribution in [0.1, 0.15) is 12.8 Å². The smallest absolute Gasteiger partial charge is 0.341 e. The maximum absolute atomic E-state index is 12.2. The van der Waals surface area contributed by atoms with Gasteiger partial charge in [-0.15, -0.1) is 0 Å². The molecule has 1 unspecified atom stereocenters. The molecule has 0 aromatic rings. The van der Waals surface area contributed by atoms with Crippen molar-refractivity contribution >= 4 is 5.91 Å². The van der Waals surface area contributed by atoms with Crippen molar-refractivity contribution in [2.45, 2.75) is 19.0 Å². The van der Waals surface area contributed by atoms with Gasteiger partial charge in [-0.3, -0.25) is 4.79 Å². The zero-order chi connectivity index (χ0) is 10.8. The van der Waals surface area contributed by atoms with E-state index < -0.39 is 18.0 Å². The van der Waals surface area contributed by atoms with Gasteiger partial charge < -0.3 is 4.90 Å². The molecule has 1 aliphatic rings. The SMILES string of the molecule is N#CCC(=O)N1CCC(C(F)(F)F)C1. The number of likely N-dealkylation sites (tertiary alicyclic amines) is 1. The molecule has 1 heterocycles. The highest BCUT2D eigenvalue weighted by atomic mass is 19.4. The van der Waals surface area contributed by atoms with Crippen molar-refractivity contribution in [3.63, 3.8) is 0 Å². The first-order valence-electron chi connectivity index (χ1n) is 4.16. The standard InChI is InChI=1S/C8H9F3N2O/c9-8(10,11)6-2-4-13(5-6)7(14)1-3-12/h6H,1-2,4-5H2. The van der Waals surface area contributed by atoms with Gasteiger partial charge in [-0.25, -0.2) is 0 Å². The minimum atomic E-state index is -4.23. The quantitative estimate of drug-likeness (QED) is 0.649. The molecule has 0 aromatic carbocycles. The summed E-state index contributed by atoms with van der Waals surface area (Å²) in [6.07, 6.45) is -4.63. The second-order valence-electron chi connectivity index (χ2n) is 3.20. The van der Waals surface area contributed by atoms with E-state index >= 15 is 0 Å². The molecule has 0 spiro atoms. The summed E-state index contributed by atoms with van der Waals surface area (Å²) >= 11 is 0. The summed E-state index contributed by atoms with van der Waals surface area (Å²) in [5, 5.41) is 8.20. The number of nitrogens with zero attached hydrogens (tertiary/aromatic N) is 2. The minimum Gasteiger partial charge on any atom is -0.341 e. The molecule has 0 bridgehead atoms. The van der Waals surface area contributed by atoms with Crippen molar-refractivity contribution in [1.29, 1.82) is 5.26 Å². The highest BCUT2D eigenvalue weighted by Gasteiger charge is 2.44. The minimum absolute atomic E-state index is 0.0549. The third kappa shape index (κ3) is 2.37. The Morgan fingerprint density at radius 2 is 2.21 bits per heavy atom. The molecular formula is C8H9F3N2O. The predicted molar refractivity (Wildman–Crippen MR) is 41.0 cm³/mol. The van der Waals surface area contributed by atoms with Crippen LogP contribution in [0, 0.1) is 17.2 Å². The second kappa shape index (κ2) is 3.86. The monoisotopic (exact) mass is 206 g/mol. The van der Waals surface area contributed by atoms with Gasteiger partial charge in [-0.1, -0.05) is 0 Å². The molecule has 1 fully saturated rings. The number of carbonyl (C=O) groups is 1. The van der Waals surface area contributed by atoms with Crippen LogP contribution in [0.2, 0.25) is 0 Å². The summed E-state index contributed by atoms with van der Waals surface area (Å²) in [4.78, 5) is 12.2. The third-order valence-electron chi connectivity index (χ3n) is 2.23. The van der Waals surface area contributed by atoms with Crippen molar-refractivity contribution in [3.05, 3.63) is 0 Å². The molecule has 1 rings (SSSR count). The van der Waals surface area contributed by atoms with Crippen LogP contribution in [-0.4, -0.2) is 30.1 Å². The van der Waals surface area contributed by atoms with E-state index in [-0.39, 0.29) is 25.9 Å². The summed E-state index contributed by atoms with van der Waals surface area (Å²) < 4.78 is 36.5. The lowest BCUT2D eigenvalue weighted by molar-refractivity contribution is -0.171. The molecule has 78 valence electrons. The van der Waals surface area contributed by atoms with E-state index in [1.165, 1.54) is 0 Å². The lowest BCUT2D eigenvalue weighted by Crippen LogP contribution is -2.31. The van der Waals surface area contributed by atoms with E-state index in [0.29, 0.717) is 0 Å². The molecule has 3 nitrogen and oxygen atoms in total. The maximum atomic E-state index is 12.2. The van der Waals surface area contributed by atoms with Crippen LogP contribution in [0.3, 0.4) is 0 Å². The van der Waals surface area contributed by atoms with Gasteiger partial charge in [0, 0.05) is 13.1 Å². The molecular weight excluding hydrogens is 197 g/mol. The average Bonchev–Trinajstić information content (AvgIpc) is 2.51. The van der Waals surface area contributed by atoms with Crippen molar-refractivity contribution < 1.29 is 18.0 Å². The summed E-state index contributed by atoms with van der Waals surface area (Å²) in [6.45, 7) is -0.200. The number of alkyl halides is 3. The fourth-order valence-electron chi connectivity index (χ4n) is 1.43. The molecule has 0 aromatic heterocycles. The molecule has 0 N–H and O–H groups in total. The molecule has 1 amide bonds. The Labute approximate surface area is 79.1 Å². The zero-order valence-electron chi connectivity index (χ0n) is 7.34. The van der Waals surface area contributed by atoms with Gasteiger partial charge in [0.05, 0.1) is 12.0 Å². The van der Waals surface area contributed by atoms with Crippen molar-refractivity contribution in [2.75, 3.05) is 13.1 Å². The Balaban J connectivity index is 2.50. The lowest BCUT2D eigenvalue weighted by Gasteiger charge is -2.16. The fourth-order valence-corrected chi connectivity index (χ4v) is 1.43. The fraction of sp³-hybridized carbons (Fsp3) is 0.750. The van der Waals surface area contributed by atoms with Crippen molar-refractivity contribution in [1.82, 2.24) is 4.90 Å². The van der Waals surface area contributed by atoms with Crippen LogP contribution in [0.25, 0.3) is 0 Å². The van der Waals surface area contributed by atoms with Crippen LogP contribution >= 0.6 is 0 Å². The number of halogens is 3. The first kappa shape index (κ1) is 10.8. The number of hydrogen-bond donors (Lipinski definition) is 0. The first-order valence-corrected chi connectivity index (χ1v) is 4.16. The molecule has 1 saturated heterocycles. The van der Waals surface area contributed by atoms with E-state index in [1.807, 2.05) is 0 Å². The summed E-state index contributed by atoms with van der Waals surface area (Å²) in [5.41, 5.74) is 0. The number of hydrogen-bond acceptors (Lipinski definition) is 2. The van der Waals surface area contributed by atoms with Gasteiger partial charge >= 0.3 is 6.18 Å². The number of carbonyl (C=O) groups excluding carboxylic acids is 1. The van der Waals surface area contributed by atoms with Gasteiger partial charge in [0.1, 0.15) is 6.42 Å².